The van der Waals surface area contributed by atoms with Crippen LogP contribution in [-0.2, 0) is 10.1 Å². The molecule has 0 bridgehead atoms. The Balaban J connectivity index is 3.29. The molecule has 6 nitrogen and oxygen atoms in total. The predicted molar refractivity (Wildman–Crippen MR) is 54.3 cm³/mol. The number of anilines is 1. The van der Waals surface area contributed by atoms with Crippen LogP contribution >= 0.6 is 23.8 Å². The van der Waals surface area contributed by atoms with Gasteiger partial charge in [-0.25, -0.2) is 0 Å². The fourth-order valence-electron chi connectivity index (χ4n) is 0.682. The number of hydrogen-bond donors (Lipinski definition) is 2. The average molecular weight is 256 g/mol. The summed E-state index contributed by atoms with van der Waals surface area (Å²) in [5.41, 5.74) is 5.36. The molecular formula is C5H6ClN3O3S2. The number of nitrogens with two attached hydrogens (primary N) is 1. The van der Waals surface area contributed by atoms with Crippen molar-refractivity contribution in [1.82, 2.24) is 9.97 Å². The first-order chi connectivity index (χ1) is 6.29. The Morgan fingerprint density at radius 3 is 2.64 bits per heavy atom. The summed E-state index contributed by atoms with van der Waals surface area (Å²) in [7, 11) is -3.69. The van der Waals surface area contributed by atoms with Gasteiger partial charge in [-0.1, -0.05) is 11.6 Å². The second-order valence-corrected chi connectivity index (χ2v) is 4.70. The van der Waals surface area contributed by atoms with Crippen LogP contribution in [0, 0.1) is 4.77 Å². The molecule has 0 aliphatic heterocycles. The number of aromatic amines is 1. The van der Waals surface area contributed by atoms with Crippen molar-refractivity contribution < 1.29 is 12.6 Å². The highest BCUT2D eigenvalue weighted by Gasteiger charge is 2.14. The number of H-pyrrole nitrogens is 1. The van der Waals surface area contributed by atoms with E-state index in [2.05, 4.69) is 26.4 Å². The summed E-state index contributed by atoms with van der Waals surface area (Å²) < 4.78 is 26.1. The molecule has 14 heavy (non-hydrogen) atoms. The number of hydrogen-bond acceptors (Lipinski definition) is 6. The SMILES string of the molecule is CS(=O)(=O)Oc1c(N)nc(=S)[nH]c1Cl. The van der Waals surface area contributed by atoms with Crippen molar-refractivity contribution in [3.63, 3.8) is 0 Å². The largest absolute Gasteiger partial charge is 0.380 e. The van der Waals surface area contributed by atoms with Gasteiger partial charge in [-0.3, -0.25) is 0 Å². The Labute approximate surface area is 90.2 Å². The molecule has 0 unspecified atom stereocenters. The van der Waals surface area contributed by atoms with Crippen LogP contribution in [0.25, 0.3) is 0 Å². The zero-order valence-electron chi connectivity index (χ0n) is 6.94. The van der Waals surface area contributed by atoms with E-state index < -0.39 is 10.1 Å². The maximum Gasteiger partial charge on any atom is 0.306 e. The molecule has 1 aromatic heterocycles. The number of nitrogens with zero attached hydrogens (tertiary/aromatic N) is 1. The zero-order chi connectivity index (χ0) is 10.9. The van der Waals surface area contributed by atoms with Gasteiger partial charge in [0, 0.05) is 0 Å². The number of nitrogen functional groups attached to an aromatic ring is 1. The lowest BCUT2D eigenvalue weighted by Gasteiger charge is -2.06. The van der Waals surface area contributed by atoms with Crippen LogP contribution in [0.15, 0.2) is 0 Å². The number of aromatic nitrogens is 2. The van der Waals surface area contributed by atoms with Crippen molar-refractivity contribution in [3.8, 4) is 5.75 Å². The van der Waals surface area contributed by atoms with Gasteiger partial charge in [0.05, 0.1) is 6.26 Å². The molecule has 3 N–H and O–H groups in total. The van der Waals surface area contributed by atoms with Crippen LogP contribution in [0.2, 0.25) is 5.15 Å². The van der Waals surface area contributed by atoms with Gasteiger partial charge in [-0.05, 0) is 12.2 Å². The van der Waals surface area contributed by atoms with Crippen molar-refractivity contribution in [2.75, 3.05) is 12.0 Å². The van der Waals surface area contributed by atoms with Gasteiger partial charge >= 0.3 is 10.1 Å². The van der Waals surface area contributed by atoms with Crippen molar-refractivity contribution in [3.05, 3.63) is 9.92 Å². The van der Waals surface area contributed by atoms with Crippen molar-refractivity contribution in [1.29, 1.82) is 0 Å². The lowest BCUT2D eigenvalue weighted by atomic mass is 10.5. The molecule has 0 amide bonds. The summed E-state index contributed by atoms with van der Waals surface area (Å²) in [5, 5.41) is -0.104. The standard InChI is InChI=1S/C5H6ClN3O3S2/c1-14(10,11)12-2-3(6)8-5(13)9-4(2)7/h1H3,(H3,7,8,9,13). The molecule has 1 heterocycles. The Hall–Kier alpha value is -0.860. The van der Waals surface area contributed by atoms with E-state index >= 15 is 0 Å². The first-order valence-corrected chi connectivity index (χ1v) is 5.84. The van der Waals surface area contributed by atoms with Crippen molar-refractivity contribution in [2.24, 2.45) is 0 Å². The highest BCUT2D eigenvalue weighted by molar-refractivity contribution is 7.86. The van der Waals surface area contributed by atoms with E-state index in [4.69, 9.17) is 17.3 Å². The molecular weight excluding hydrogens is 250 g/mol. The lowest BCUT2D eigenvalue weighted by molar-refractivity contribution is 0.491. The normalized spacial score (nSPS) is 11.3. The first kappa shape index (κ1) is 11.2. The fraction of sp³-hybridized carbons (Fsp3) is 0.200. The van der Waals surface area contributed by atoms with Crippen LogP contribution in [0.1, 0.15) is 0 Å². The Morgan fingerprint density at radius 2 is 2.21 bits per heavy atom. The molecule has 0 radical (unpaired) electrons. The second-order valence-electron chi connectivity index (χ2n) is 2.36. The maximum atomic E-state index is 10.8. The van der Waals surface area contributed by atoms with Gasteiger partial charge in [-0.15, -0.1) is 0 Å². The van der Waals surface area contributed by atoms with E-state index in [9.17, 15) is 8.42 Å². The molecule has 0 spiro atoms. The summed E-state index contributed by atoms with van der Waals surface area (Å²) in [6.45, 7) is 0. The van der Waals surface area contributed by atoms with Crippen LogP contribution in [0.3, 0.4) is 0 Å². The van der Waals surface area contributed by atoms with E-state index in [0.717, 1.165) is 6.26 Å². The van der Waals surface area contributed by atoms with Gasteiger partial charge in [0.15, 0.2) is 15.7 Å². The molecule has 78 valence electrons. The average Bonchev–Trinajstić information content (AvgIpc) is 1.95. The van der Waals surface area contributed by atoms with Crippen LogP contribution in [-0.4, -0.2) is 24.6 Å². The molecule has 0 atom stereocenters. The first-order valence-electron chi connectivity index (χ1n) is 3.24. The third kappa shape index (κ3) is 2.82. The quantitative estimate of drug-likeness (QED) is 0.459. The van der Waals surface area contributed by atoms with Crippen LogP contribution in [0.5, 0.6) is 5.75 Å². The van der Waals surface area contributed by atoms with Crippen LogP contribution < -0.4 is 9.92 Å². The number of nitrogens with one attached hydrogen (secondary N) is 1. The fourth-order valence-corrected chi connectivity index (χ4v) is 1.68. The highest BCUT2D eigenvalue weighted by atomic mass is 35.5. The molecule has 1 rings (SSSR count). The summed E-state index contributed by atoms with van der Waals surface area (Å²) in [5.74, 6) is -0.424. The molecule has 0 aromatic carbocycles. The Kier molecular flexibility index (Phi) is 2.98. The number of halogens is 1. The Morgan fingerprint density at radius 1 is 1.64 bits per heavy atom. The molecule has 0 aliphatic carbocycles. The van der Waals surface area contributed by atoms with E-state index in [1.54, 1.807) is 0 Å². The zero-order valence-corrected chi connectivity index (χ0v) is 9.33. The summed E-state index contributed by atoms with van der Waals surface area (Å²) in [6, 6.07) is 0. The summed E-state index contributed by atoms with van der Waals surface area (Å²) in [6.07, 6.45) is 0.865. The highest BCUT2D eigenvalue weighted by Crippen LogP contribution is 2.27. The minimum Gasteiger partial charge on any atom is -0.380 e. The van der Waals surface area contributed by atoms with Gasteiger partial charge in [0.1, 0.15) is 0 Å². The summed E-state index contributed by atoms with van der Waals surface area (Å²) >= 11 is 10.3. The minimum absolute atomic E-state index is 0.0494. The molecule has 0 fully saturated rings. The van der Waals surface area contributed by atoms with E-state index in [1.807, 2.05) is 0 Å². The van der Waals surface area contributed by atoms with Crippen molar-refractivity contribution >= 4 is 39.8 Å². The van der Waals surface area contributed by atoms with Gasteiger partial charge < -0.3 is 14.9 Å². The minimum atomic E-state index is -3.69. The monoisotopic (exact) mass is 255 g/mol. The predicted octanol–water partition coefficient (Wildman–Crippen LogP) is 0.713. The molecule has 0 saturated carbocycles. The van der Waals surface area contributed by atoms with E-state index in [0.29, 0.717) is 0 Å². The molecule has 9 heteroatoms. The Bertz CT molecular complexity index is 483. The van der Waals surface area contributed by atoms with Crippen LogP contribution in [0.4, 0.5) is 5.82 Å². The third-order valence-electron chi connectivity index (χ3n) is 1.11. The molecule has 0 saturated heterocycles. The summed E-state index contributed by atoms with van der Waals surface area (Å²) in [4.78, 5) is 5.98. The van der Waals surface area contributed by atoms with Gasteiger partial charge in [0.25, 0.3) is 0 Å². The van der Waals surface area contributed by atoms with Gasteiger partial charge in [0.2, 0.25) is 5.75 Å². The number of rotatable bonds is 2. The molecule has 1 aromatic rings. The second kappa shape index (κ2) is 3.71. The van der Waals surface area contributed by atoms with E-state index in [-0.39, 0.29) is 21.5 Å². The topological polar surface area (TPSA) is 98.1 Å². The third-order valence-corrected chi connectivity index (χ3v) is 2.03. The van der Waals surface area contributed by atoms with Gasteiger partial charge in [-0.2, -0.15) is 13.4 Å². The molecule has 0 aliphatic rings. The lowest BCUT2D eigenvalue weighted by Crippen LogP contribution is -2.09. The maximum absolute atomic E-state index is 10.8. The smallest absolute Gasteiger partial charge is 0.306 e. The van der Waals surface area contributed by atoms with E-state index in [1.165, 1.54) is 0 Å². The van der Waals surface area contributed by atoms with Crippen molar-refractivity contribution in [2.45, 2.75) is 0 Å².